The predicted octanol–water partition coefficient (Wildman–Crippen LogP) is 3.54. The normalized spacial score (nSPS) is 11.0. The molecule has 0 aliphatic rings. The number of nitro groups is 1. The largest absolute Gasteiger partial charge is 0.356 e. The van der Waals surface area contributed by atoms with Gasteiger partial charge in [0.1, 0.15) is 0 Å². The number of pyridine rings is 1. The Morgan fingerprint density at radius 1 is 1.19 bits per heavy atom. The van der Waals surface area contributed by atoms with Gasteiger partial charge in [-0.3, -0.25) is 15.1 Å². The number of nitrogens with one attached hydrogen (secondary N) is 2. The van der Waals surface area contributed by atoms with Crippen LogP contribution >= 0.6 is 24.0 Å². The number of benzene rings is 1. The number of hydrogen-bond acceptors (Lipinski definition) is 4. The van der Waals surface area contributed by atoms with Crippen molar-refractivity contribution in [3.05, 3.63) is 70.0 Å². The highest BCUT2D eigenvalue weighted by atomic mass is 127. The Morgan fingerprint density at radius 2 is 1.93 bits per heavy atom. The Hall–Kier alpha value is -2.23. The number of non-ortho nitro benzene ring substituents is 1. The van der Waals surface area contributed by atoms with Gasteiger partial charge in [0, 0.05) is 43.5 Å². The van der Waals surface area contributed by atoms with Crippen LogP contribution in [0.4, 0.5) is 5.69 Å². The van der Waals surface area contributed by atoms with E-state index >= 15 is 0 Å². The maximum absolute atomic E-state index is 10.7. The van der Waals surface area contributed by atoms with Gasteiger partial charge in [-0.2, -0.15) is 0 Å². The number of nitro benzene ring substituents is 1. The van der Waals surface area contributed by atoms with Crippen molar-refractivity contribution in [3.8, 4) is 0 Å². The second-order valence-electron chi connectivity index (χ2n) is 6.36. The molecule has 146 valence electrons. The molecule has 0 spiro atoms. The van der Waals surface area contributed by atoms with E-state index in [1.807, 2.05) is 18.2 Å². The van der Waals surface area contributed by atoms with E-state index in [1.54, 1.807) is 18.3 Å². The number of rotatable bonds is 8. The Kier molecular flexibility index (Phi) is 10.3. The fourth-order valence-electron chi connectivity index (χ4n) is 2.22. The van der Waals surface area contributed by atoms with Crippen LogP contribution in [-0.2, 0) is 13.0 Å². The lowest BCUT2D eigenvalue weighted by Crippen LogP contribution is -2.40. The van der Waals surface area contributed by atoms with Crippen LogP contribution in [-0.4, -0.2) is 29.0 Å². The SMILES string of the molecule is CC(C)CNC(=NCc1ccc([N+](=O)[O-])cc1)NCCc1ccccn1.I. The maximum Gasteiger partial charge on any atom is 0.269 e. The van der Waals surface area contributed by atoms with E-state index in [9.17, 15) is 10.1 Å². The average molecular weight is 483 g/mol. The average Bonchev–Trinajstić information content (AvgIpc) is 2.64. The maximum atomic E-state index is 10.7. The van der Waals surface area contributed by atoms with Crippen molar-refractivity contribution in [2.45, 2.75) is 26.8 Å². The number of aromatic nitrogens is 1. The number of nitrogens with zero attached hydrogens (tertiary/aromatic N) is 3. The summed E-state index contributed by atoms with van der Waals surface area (Å²) in [6.07, 6.45) is 2.59. The van der Waals surface area contributed by atoms with E-state index in [0.717, 1.165) is 36.7 Å². The summed E-state index contributed by atoms with van der Waals surface area (Å²) in [6.45, 7) is 6.26. The molecule has 1 aromatic heterocycles. The highest BCUT2D eigenvalue weighted by molar-refractivity contribution is 14.0. The van der Waals surface area contributed by atoms with Gasteiger partial charge in [0.05, 0.1) is 11.5 Å². The zero-order chi connectivity index (χ0) is 18.8. The van der Waals surface area contributed by atoms with Crippen molar-refractivity contribution >= 4 is 35.6 Å². The smallest absolute Gasteiger partial charge is 0.269 e. The van der Waals surface area contributed by atoms with Gasteiger partial charge in [-0.25, -0.2) is 4.99 Å². The third-order valence-electron chi connectivity index (χ3n) is 3.64. The van der Waals surface area contributed by atoms with E-state index < -0.39 is 4.92 Å². The minimum atomic E-state index is -0.401. The van der Waals surface area contributed by atoms with E-state index in [1.165, 1.54) is 12.1 Å². The Morgan fingerprint density at radius 3 is 2.52 bits per heavy atom. The third-order valence-corrected chi connectivity index (χ3v) is 3.64. The highest BCUT2D eigenvalue weighted by Crippen LogP contribution is 2.12. The lowest BCUT2D eigenvalue weighted by atomic mass is 10.2. The van der Waals surface area contributed by atoms with Crippen LogP contribution in [0.3, 0.4) is 0 Å². The van der Waals surface area contributed by atoms with Gasteiger partial charge in [-0.05, 0) is 23.6 Å². The summed E-state index contributed by atoms with van der Waals surface area (Å²) in [5, 5.41) is 17.3. The molecular formula is C19H26IN5O2. The summed E-state index contributed by atoms with van der Waals surface area (Å²) in [6, 6.07) is 12.3. The summed E-state index contributed by atoms with van der Waals surface area (Å²) in [4.78, 5) is 19.2. The zero-order valence-electron chi connectivity index (χ0n) is 15.6. The molecule has 0 fully saturated rings. The van der Waals surface area contributed by atoms with Crippen LogP contribution in [0.25, 0.3) is 0 Å². The molecule has 0 unspecified atom stereocenters. The minimum absolute atomic E-state index is 0. The van der Waals surface area contributed by atoms with E-state index in [-0.39, 0.29) is 29.7 Å². The molecular weight excluding hydrogens is 457 g/mol. The van der Waals surface area contributed by atoms with Gasteiger partial charge in [-0.1, -0.05) is 32.0 Å². The first kappa shape index (κ1) is 22.8. The molecule has 0 saturated heterocycles. The topological polar surface area (TPSA) is 92.5 Å². The molecule has 2 N–H and O–H groups in total. The second-order valence-corrected chi connectivity index (χ2v) is 6.36. The molecule has 7 nitrogen and oxygen atoms in total. The predicted molar refractivity (Wildman–Crippen MR) is 118 cm³/mol. The number of aliphatic imine (C=N–C) groups is 1. The highest BCUT2D eigenvalue weighted by Gasteiger charge is 2.05. The summed E-state index contributed by atoms with van der Waals surface area (Å²) in [5.74, 6) is 1.23. The molecule has 0 amide bonds. The lowest BCUT2D eigenvalue weighted by Gasteiger charge is -2.14. The zero-order valence-corrected chi connectivity index (χ0v) is 17.9. The standard InChI is InChI=1S/C19H25N5O2.HI/c1-15(2)13-22-19(21-12-10-17-5-3-4-11-20-17)23-14-16-6-8-18(9-7-16)24(25)26;/h3-9,11,15H,10,12-14H2,1-2H3,(H2,21,22,23);1H. The van der Waals surface area contributed by atoms with Crippen molar-refractivity contribution in [1.29, 1.82) is 0 Å². The molecule has 0 atom stereocenters. The molecule has 2 rings (SSSR count). The summed E-state index contributed by atoms with van der Waals surface area (Å²) in [5.41, 5.74) is 2.04. The Bertz CT molecular complexity index is 721. The van der Waals surface area contributed by atoms with Gasteiger partial charge >= 0.3 is 0 Å². The first-order chi connectivity index (χ1) is 12.5. The fourth-order valence-corrected chi connectivity index (χ4v) is 2.22. The quantitative estimate of drug-likeness (QED) is 0.197. The van der Waals surface area contributed by atoms with E-state index in [0.29, 0.717) is 12.5 Å². The summed E-state index contributed by atoms with van der Waals surface area (Å²) >= 11 is 0. The van der Waals surface area contributed by atoms with Gasteiger partial charge in [-0.15, -0.1) is 24.0 Å². The van der Waals surface area contributed by atoms with Crippen LogP contribution in [0.1, 0.15) is 25.1 Å². The molecule has 8 heteroatoms. The van der Waals surface area contributed by atoms with Crippen LogP contribution in [0.5, 0.6) is 0 Å². The lowest BCUT2D eigenvalue weighted by molar-refractivity contribution is -0.384. The van der Waals surface area contributed by atoms with Gasteiger partial charge < -0.3 is 10.6 Å². The number of guanidine groups is 1. The van der Waals surface area contributed by atoms with Crippen molar-refractivity contribution < 1.29 is 4.92 Å². The van der Waals surface area contributed by atoms with E-state index in [2.05, 4.69) is 34.5 Å². The van der Waals surface area contributed by atoms with Crippen LogP contribution in [0.2, 0.25) is 0 Å². The monoisotopic (exact) mass is 483 g/mol. The minimum Gasteiger partial charge on any atom is -0.356 e. The third kappa shape index (κ3) is 8.80. The number of halogens is 1. The van der Waals surface area contributed by atoms with Gasteiger partial charge in [0.25, 0.3) is 5.69 Å². The Labute approximate surface area is 176 Å². The van der Waals surface area contributed by atoms with E-state index in [4.69, 9.17) is 0 Å². The van der Waals surface area contributed by atoms with Crippen LogP contribution in [0.15, 0.2) is 53.7 Å². The fraction of sp³-hybridized carbons (Fsp3) is 0.368. The first-order valence-electron chi connectivity index (χ1n) is 8.70. The summed E-state index contributed by atoms with van der Waals surface area (Å²) in [7, 11) is 0. The van der Waals surface area contributed by atoms with Gasteiger partial charge in [0.2, 0.25) is 0 Å². The molecule has 0 bridgehead atoms. The molecule has 1 heterocycles. The molecule has 27 heavy (non-hydrogen) atoms. The van der Waals surface area contributed by atoms with Crippen molar-refractivity contribution in [2.75, 3.05) is 13.1 Å². The van der Waals surface area contributed by atoms with Gasteiger partial charge in [0.15, 0.2) is 5.96 Å². The van der Waals surface area contributed by atoms with Crippen LogP contribution in [0, 0.1) is 16.0 Å². The molecule has 0 radical (unpaired) electrons. The number of hydrogen-bond donors (Lipinski definition) is 2. The Balaban J connectivity index is 0.00000364. The first-order valence-corrected chi connectivity index (χ1v) is 8.70. The van der Waals surface area contributed by atoms with Crippen molar-refractivity contribution in [3.63, 3.8) is 0 Å². The molecule has 2 aromatic rings. The molecule has 1 aromatic carbocycles. The van der Waals surface area contributed by atoms with Crippen LogP contribution < -0.4 is 10.6 Å². The summed E-state index contributed by atoms with van der Waals surface area (Å²) < 4.78 is 0. The molecule has 0 aliphatic heterocycles. The molecule has 0 aliphatic carbocycles. The van der Waals surface area contributed by atoms with Crippen molar-refractivity contribution in [2.24, 2.45) is 10.9 Å². The van der Waals surface area contributed by atoms with Crippen molar-refractivity contribution in [1.82, 2.24) is 15.6 Å². The second kappa shape index (κ2) is 12.2. The molecule has 0 saturated carbocycles.